The lowest BCUT2D eigenvalue weighted by molar-refractivity contribution is 0.0916. The topological polar surface area (TPSA) is 99.3 Å². The number of carbonyl (C=O) groups is 2. The molecule has 0 saturated carbocycles. The van der Waals surface area contributed by atoms with Gasteiger partial charge in [-0.15, -0.1) is 0 Å². The quantitative estimate of drug-likeness (QED) is 0.749. The number of hydrogen-bond donors (Lipinski definition) is 2. The Balaban J connectivity index is 1.98. The van der Waals surface area contributed by atoms with Crippen molar-refractivity contribution in [2.45, 2.75) is 26.3 Å². The van der Waals surface area contributed by atoms with Gasteiger partial charge in [-0.25, -0.2) is 4.98 Å². The van der Waals surface area contributed by atoms with Crippen molar-refractivity contribution in [2.75, 3.05) is 5.32 Å². The van der Waals surface area contributed by atoms with Gasteiger partial charge in [0.2, 0.25) is 5.82 Å². The Kier molecular flexibility index (Phi) is 4.65. The van der Waals surface area contributed by atoms with E-state index in [9.17, 15) is 9.59 Å². The van der Waals surface area contributed by atoms with Gasteiger partial charge in [0.05, 0.1) is 17.1 Å². The molecule has 0 unspecified atom stereocenters. The molecule has 0 aliphatic rings. The van der Waals surface area contributed by atoms with Gasteiger partial charge in [-0.05, 0) is 51.1 Å². The maximum Gasteiger partial charge on any atom is 0.292 e. The summed E-state index contributed by atoms with van der Waals surface area (Å²) in [5.74, 6) is -0.732. The lowest BCUT2D eigenvalue weighted by atomic mass is 10.1. The van der Waals surface area contributed by atoms with E-state index in [-0.39, 0.29) is 17.4 Å². The van der Waals surface area contributed by atoms with E-state index in [4.69, 9.17) is 5.26 Å². The third kappa shape index (κ3) is 3.96. The van der Waals surface area contributed by atoms with Gasteiger partial charge in [-0.2, -0.15) is 5.26 Å². The molecule has 0 bridgehead atoms. The second kappa shape index (κ2) is 6.92. The van der Waals surface area contributed by atoms with Crippen LogP contribution in [-0.2, 0) is 0 Å². The number of nitrogens with zero attached hydrogens (tertiary/aromatic N) is 3. The van der Waals surface area contributed by atoms with Crippen LogP contribution in [0.5, 0.6) is 0 Å². The minimum absolute atomic E-state index is 0.0898. The second-order valence-corrected chi connectivity index (χ2v) is 7.09. The third-order valence-electron chi connectivity index (χ3n) is 3.70. The van der Waals surface area contributed by atoms with E-state index in [1.807, 2.05) is 26.8 Å². The van der Waals surface area contributed by atoms with Crippen molar-refractivity contribution in [1.29, 1.82) is 5.26 Å². The van der Waals surface area contributed by atoms with Gasteiger partial charge in [0.1, 0.15) is 0 Å². The van der Waals surface area contributed by atoms with E-state index >= 15 is 0 Å². The molecule has 27 heavy (non-hydrogen) atoms. The van der Waals surface area contributed by atoms with Crippen LogP contribution in [0.15, 0.2) is 48.7 Å². The monoisotopic (exact) mass is 361 g/mol. The van der Waals surface area contributed by atoms with E-state index < -0.39 is 11.4 Å². The molecule has 2 amide bonds. The summed E-state index contributed by atoms with van der Waals surface area (Å²) in [5.41, 5.74) is 1.21. The normalized spacial score (nSPS) is 11.0. The van der Waals surface area contributed by atoms with Crippen molar-refractivity contribution in [3.05, 3.63) is 65.7 Å². The van der Waals surface area contributed by atoms with E-state index in [0.29, 0.717) is 16.8 Å². The van der Waals surface area contributed by atoms with Crippen molar-refractivity contribution >= 4 is 23.0 Å². The molecule has 0 atom stereocenters. The molecule has 3 aromatic rings. The van der Waals surface area contributed by atoms with Crippen molar-refractivity contribution < 1.29 is 9.59 Å². The van der Waals surface area contributed by atoms with Crippen molar-refractivity contribution in [3.8, 4) is 6.07 Å². The predicted molar refractivity (Wildman–Crippen MR) is 102 cm³/mol. The Hall–Kier alpha value is -3.66. The summed E-state index contributed by atoms with van der Waals surface area (Å²) in [6, 6.07) is 13.9. The summed E-state index contributed by atoms with van der Waals surface area (Å²) >= 11 is 0. The molecule has 0 aliphatic carbocycles. The van der Waals surface area contributed by atoms with Gasteiger partial charge in [-0.1, -0.05) is 12.1 Å². The Labute approximate surface area is 156 Å². The fourth-order valence-electron chi connectivity index (χ4n) is 2.62. The first-order chi connectivity index (χ1) is 12.8. The minimum Gasteiger partial charge on any atom is -0.346 e. The summed E-state index contributed by atoms with van der Waals surface area (Å²) in [7, 11) is 0. The zero-order valence-electron chi connectivity index (χ0n) is 15.3. The predicted octanol–water partition coefficient (Wildman–Crippen LogP) is 2.99. The van der Waals surface area contributed by atoms with Gasteiger partial charge >= 0.3 is 0 Å². The molecule has 0 aliphatic heterocycles. The number of imidazole rings is 1. The van der Waals surface area contributed by atoms with Crippen molar-refractivity contribution in [1.82, 2.24) is 14.7 Å². The molecular formula is C20H19N5O2. The molecule has 1 aromatic carbocycles. The Bertz CT molecular complexity index is 1070. The molecule has 0 radical (unpaired) electrons. The van der Waals surface area contributed by atoms with Crippen molar-refractivity contribution in [3.63, 3.8) is 0 Å². The average Bonchev–Trinajstić information content (AvgIpc) is 3.00. The van der Waals surface area contributed by atoms with Gasteiger partial charge in [0.15, 0.2) is 5.69 Å². The molecule has 2 aromatic heterocycles. The highest BCUT2D eigenvalue weighted by atomic mass is 16.2. The van der Waals surface area contributed by atoms with Gasteiger partial charge in [-0.3, -0.25) is 14.0 Å². The van der Waals surface area contributed by atoms with Crippen LogP contribution in [0.4, 0.5) is 5.69 Å². The SMILES string of the molecule is CC(C)(C)NC(=O)c1nc(C(=O)Nc2cccc(C#N)c2)n2ccccc12. The first kappa shape index (κ1) is 18.1. The van der Waals surface area contributed by atoms with Crippen LogP contribution >= 0.6 is 0 Å². The molecule has 2 N–H and O–H groups in total. The van der Waals surface area contributed by atoms with Gasteiger partial charge < -0.3 is 10.6 Å². The molecule has 3 rings (SSSR count). The molecule has 0 saturated heterocycles. The number of amides is 2. The highest BCUT2D eigenvalue weighted by molar-refractivity contribution is 6.06. The van der Waals surface area contributed by atoms with E-state index in [0.717, 1.165) is 0 Å². The number of anilines is 1. The van der Waals surface area contributed by atoms with Crippen LogP contribution < -0.4 is 10.6 Å². The van der Waals surface area contributed by atoms with Crippen LogP contribution in [0, 0.1) is 11.3 Å². The number of hydrogen-bond acceptors (Lipinski definition) is 4. The Morgan fingerprint density at radius 2 is 1.89 bits per heavy atom. The van der Waals surface area contributed by atoms with Crippen LogP contribution in [0.1, 0.15) is 47.4 Å². The zero-order valence-corrected chi connectivity index (χ0v) is 15.3. The average molecular weight is 361 g/mol. The number of carbonyl (C=O) groups excluding carboxylic acids is 2. The molecule has 0 spiro atoms. The fourth-order valence-corrected chi connectivity index (χ4v) is 2.62. The largest absolute Gasteiger partial charge is 0.346 e. The maximum atomic E-state index is 12.7. The van der Waals surface area contributed by atoms with E-state index in [1.165, 1.54) is 0 Å². The lowest BCUT2D eigenvalue weighted by Gasteiger charge is -2.19. The first-order valence-corrected chi connectivity index (χ1v) is 8.39. The minimum atomic E-state index is -0.471. The van der Waals surface area contributed by atoms with E-state index in [2.05, 4.69) is 15.6 Å². The Morgan fingerprint density at radius 3 is 2.59 bits per heavy atom. The van der Waals surface area contributed by atoms with Crippen LogP contribution in [-0.4, -0.2) is 26.7 Å². The highest BCUT2D eigenvalue weighted by Gasteiger charge is 2.24. The molecule has 136 valence electrons. The molecular weight excluding hydrogens is 342 g/mol. The fraction of sp³-hybridized carbons (Fsp3) is 0.200. The van der Waals surface area contributed by atoms with Crippen LogP contribution in [0.3, 0.4) is 0 Å². The number of rotatable bonds is 3. The number of nitrogens with one attached hydrogen (secondary N) is 2. The number of fused-ring (bicyclic) bond motifs is 1. The van der Waals surface area contributed by atoms with Gasteiger partial charge in [0.25, 0.3) is 11.8 Å². The molecule has 7 nitrogen and oxygen atoms in total. The number of nitriles is 1. The van der Waals surface area contributed by atoms with Crippen LogP contribution in [0.2, 0.25) is 0 Å². The first-order valence-electron chi connectivity index (χ1n) is 8.39. The number of pyridine rings is 1. The number of benzene rings is 1. The summed E-state index contributed by atoms with van der Waals surface area (Å²) in [6.45, 7) is 5.62. The summed E-state index contributed by atoms with van der Waals surface area (Å²) in [6.07, 6.45) is 1.68. The maximum absolute atomic E-state index is 12.7. The van der Waals surface area contributed by atoms with Gasteiger partial charge in [0, 0.05) is 17.4 Å². The summed E-state index contributed by atoms with van der Waals surface area (Å²) < 4.78 is 1.57. The summed E-state index contributed by atoms with van der Waals surface area (Å²) in [5, 5.41) is 14.6. The standard InChI is InChI=1S/C20H19N5O2/c1-20(2,3)24-18(26)16-15-9-4-5-10-25(15)17(23-16)19(27)22-14-8-6-7-13(11-14)12-21/h4-11H,1-3H3,(H,22,27)(H,24,26). The van der Waals surface area contributed by atoms with Crippen molar-refractivity contribution in [2.24, 2.45) is 0 Å². The van der Waals surface area contributed by atoms with E-state index in [1.54, 1.807) is 53.1 Å². The summed E-state index contributed by atoms with van der Waals surface area (Å²) in [4.78, 5) is 29.6. The number of aromatic nitrogens is 2. The molecule has 7 heteroatoms. The third-order valence-corrected chi connectivity index (χ3v) is 3.70. The molecule has 2 heterocycles. The highest BCUT2D eigenvalue weighted by Crippen LogP contribution is 2.17. The molecule has 0 fully saturated rings. The smallest absolute Gasteiger partial charge is 0.292 e. The zero-order chi connectivity index (χ0) is 19.6. The van der Waals surface area contributed by atoms with Crippen LogP contribution in [0.25, 0.3) is 5.52 Å². The second-order valence-electron chi connectivity index (χ2n) is 7.09. The Morgan fingerprint density at radius 1 is 1.11 bits per heavy atom. The lowest BCUT2D eigenvalue weighted by Crippen LogP contribution is -2.40.